The van der Waals surface area contributed by atoms with Gasteiger partial charge in [-0.3, -0.25) is 9.69 Å². The molecule has 0 spiro atoms. The smallest absolute Gasteiger partial charge is 0.320 e. The zero-order valence-electron chi connectivity index (χ0n) is 10.9. The van der Waals surface area contributed by atoms with Crippen LogP contribution in [0.25, 0.3) is 0 Å². The minimum atomic E-state index is -0.627. The Morgan fingerprint density at radius 1 is 1.35 bits per heavy atom. The van der Waals surface area contributed by atoms with Gasteiger partial charge in [0.2, 0.25) is 0 Å². The topological polar surface area (TPSA) is 43.8 Å². The maximum Gasteiger partial charge on any atom is 0.320 e. The molecule has 0 amide bonds. The zero-order chi connectivity index (χ0) is 12.4. The molecule has 2 fully saturated rings. The molecule has 1 aliphatic heterocycles. The molecule has 4 nitrogen and oxygen atoms in total. The minimum absolute atomic E-state index is 0.233. The highest BCUT2D eigenvalue weighted by molar-refractivity contribution is 5.74. The number of hydrogen-bond donors (Lipinski definition) is 1. The second-order valence-corrected chi connectivity index (χ2v) is 5.74. The fourth-order valence-corrected chi connectivity index (χ4v) is 3.43. The lowest BCUT2D eigenvalue weighted by atomic mass is 9.85. The maximum atomic E-state index is 11.3. The van der Waals surface area contributed by atoms with Gasteiger partial charge >= 0.3 is 5.97 Å². The van der Waals surface area contributed by atoms with Gasteiger partial charge in [-0.2, -0.15) is 0 Å². The average Bonchev–Trinajstić information content (AvgIpc) is 2.65. The van der Waals surface area contributed by atoms with E-state index in [1.165, 1.54) is 25.7 Å². The fraction of sp³-hybridized carbons (Fsp3) is 0.923. The lowest BCUT2D eigenvalue weighted by Gasteiger charge is -2.33. The Hall–Kier alpha value is -0.610. The summed E-state index contributed by atoms with van der Waals surface area (Å²) in [6, 6.07) is 0.299. The molecule has 98 valence electrons. The number of rotatable bonds is 4. The normalized spacial score (nSPS) is 33.9. The first-order chi connectivity index (χ1) is 8.09. The highest BCUT2D eigenvalue weighted by Gasteiger charge is 2.44. The van der Waals surface area contributed by atoms with Crippen molar-refractivity contribution in [1.29, 1.82) is 0 Å². The Morgan fingerprint density at radius 2 is 2.06 bits per heavy atom. The van der Waals surface area contributed by atoms with E-state index in [1.807, 2.05) is 14.1 Å². The van der Waals surface area contributed by atoms with Gasteiger partial charge in [-0.05, 0) is 39.3 Å². The summed E-state index contributed by atoms with van der Waals surface area (Å²) in [5, 5.41) is 9.34. The molecular weight excluding hydrogens is 216 g/mol. The third-order valence-corrected chi connectivity index (χ3v) is 4.31. The Balaban J connectivity index is 2.03. The third kappa shape index (κ3) is 2.80. The number of likely N-dealkylation sites (N-methyl/N-ethyl adjacent to an activating group) is 1. The first-order valence-electron chi connectivity index (χ1n) is 6.73. The molecule has 2 rings (SSSR count). The minimum Gasteiger partial charge on any atom is -0.480 e. The third-order valence-electron chi connectivity index (χ3n) is 4.31. The van der Waals surface area contributed by atoms with Gasteiger partial charge in [0.25, 0.3) is 0 Å². The molecular formula is C13H24N2O2. The lowest BCUT2D eigenvalue weighted by Crippen LogP contribution is -2.45. The molecule has 1 heterocycles. The molecule has 0 aromatic carbocycles. The largest absolute Gasteiger partial charge is 0.480 e. The van der Waals surface area contributed by atoms with E-state index < -0.39 is 5.97 Å². The van der Waals surface area contributed by atoms with Gasteiger partial charge in [0.15, 0.2) is 0 Å². The predicted octanol–water partition coefficient (Wildman–Crippen LogP) is 1.27. The van der Waals surface area contributed by atoms with Gasteiger partial charge in [0.05, 0.1) is 0 Å². The van der Waals surface area contributed by atoms with Crippen LogP contribution >= 0.6 is 0 Å². The van der Waals surface area contributed by atoms with E-state index in [4.69, 9.17) is 0 Å². The van der Waals surface area contributed by atoms with Crippen LogP contribution in [0.2, 0.25) is 0 Å². The molecule has 0 aromatic heterocycles. The van der Waals surface area contributed by atoms with Crippen LogP contribution in [-0.4, -0.2) is 60.1 Å². The summed E-state index contributed by atoms with van der Waals surface area (Å²) in [6.07, 6.45) is 5.85. The molecule has 1 N–H and O–H groups in total. The van der Waals surface area contributed by atoms with Crippen LogP contribution in [0, 0.1) is 5.92 Å². The van der Waals surface area contributed by atoms with Gasteiger partial charge in [-0.25, -0.2) is 0 Å². The van der Waals surface area contributed by atoms with E-state index in [9.17, 15) is 9.90 Å². The SMILES string of the molecule is CN(C)CCN1C(C(=O)O)CC2CCCCC21. The van der Waals surface area contributed by atoms with Crippen LogP contribution in [-0.2, 0) is 4.79 Å². The number of carboxylic acid groups (broad SMARTS) is 1. The van der Waals surface area contributed by atoms with E-state index in [1.54, 1.807) is 0 Å². The first kappa shape index (κ1) is 12.8. The number of hydrogen-bond acceptors (Lipinski definition) is 3. The first-order valence-corrected chi connectivity index (χ1v) is 6.73. The molecule has 1 saturated carbocycles. The quantitative estimate of drug-likeness (QED) is 0.803. The van der Waals surface area contributed by atoms with Crippen molar-refractivity contribution in [3.05, 3.63) is 0 Å². The molecule has 2 aliphatic rings. The van der Waals surface area contributed by atoms with E-state index in [-0.39, 0.29) is 6.04 Å². The Morgan fingerprint density at radius 3 is 2.71 bits per heavy atom. The molecule has 0 bridgehead atoms. The number of carboxylic acids is 1. The molecule has 3 atom stereocenters. The van der Waals surface area contributed by atoms with Gasteiger partial charge in [0.1, 0.15) is 6.04 Å². The van der Waals surface area contributed by atoms with Crippen LogP contribution < -0.4 is 0 Å². The summed E-state index contributed by atoms with van der Waals surface area (Å²) in [6.45, 7) is 1.85. The van der Waals surface area contributed by atoms with E-state index in [2.05, 4.69) is 9.80 Å². The van der Waals surface area contributed by atoms with Crippen molar-refractivity contribution in [2.75, 3.05) is 27.2 Å². The van der Waals surface area contributed by atoms with Crippen molar-refractivity contribution >= 4 is 5.97 Å². The predicted molar refractivity (Wildman–Crippen MR) is 67.0 cm³/mol. The summed E-state index contributed by atoms with van der Waals surface area (Å²) in [7, 11) is 4.09. The summed E-state index contributed by atoms with van der Waals surface area (Å²) in [5.74, 6) is 0.00479. The monoisotopic (exact) mass is 240 g/mol. The Kier molecular flexibility index (Phi) is 4.05. The van der Waals surface area contributed by atoms with Crippen molar-refractivity contribution < 1.29 is 9.90 Å². The number of carbonyl (C=O) groups is 1. The highest BCUT2D eigenvalue weighted by Crippen LogP contribution is 2.39. The molecule has 1 saturated heterocycles. The van der Waals surface area contributed by atoms with Crippen molar-refractivity contribution in [2.45, 2.75) is 44.2 Å². The molecule has 0 radical (unpaired) electrons. The Bertz CT molecular complexity index is 281. The van der Waals surface area contributed by atoms with E-state index >= 15 is 0 Å². The van der Waals surface area contributed by atoms with Crippen LogP contribution in [0.1, 0.15) is 32.1 Å². The Labute approximate surface area is 104 Å². The summed E-state index contributed by atoms with van der Waals surface area (Å²) in [4.78, 5) is 15.7. The van der Waals surface area contributed by atoms with E-state index in [0.717, 1.165) is 19.5 Å². The zero-order valence-corrected chi connectivity index (χ0v) is 10.9. The van der Waals surface area contributed by atoms with Gasteiger partial charge in [-0.1, -0.05) is 12.8 Å². The van der Waals surface area contributed by atoms with Crippen molar-refractivity contribution in [3.8, 4) is 0 Å². The number of nitrogens with zero attached hydrogens (tertiary/aromatic N) is 2. The van der Waals surface area contributed by atoms with Gasteiger partial charge < -0.3 is 10.0 Å². The van der Waals surface area contributed by atoms with Crippen LogP contribution in [0.3, 0.4) is 0 Å². The lowest BCUT2D eigenvalue weighted by molar-refractivity contribution is -0.142. The summed E-state index contributed by atoms with van der Waals surface area (Å²) < 4.78 is 0. The second kappa shape index (κ2) is 5.36. The van der Waals surface area contributed by atoms with Crippen molar-refractivity contribution in [2.24, 2.45) is 5.92 Å². The van der Waals surface area contributed by atoms with Crippen LogP contribution in [0.5, 0.6) is 0 Å². The number of fused-ring (bicyclic) bond motifs is 1. The maximum absolute atomic E-state index is 11.3. The molecule has 4 heteroatoms. The average molecular weight is 240 g/mol. The number of aliphatic carboxylic acids is 1. The number of likely N-dealkylation sites (tertiary alicyclic amines) is 1. The molecule has 17 heavy (non-hydrogen) atoms. The van der Waals surface area contributed by atoms with Gasteiger partial charge in [-0.15, -0.1) is 0 Å². The van der Waals surface area contributed by atoms with Crippen molar-refractivity contribution in [3.63, 3.8) is 0 Å². The van der Waals surface area contributed by atoms with Crippen LogP contribution in [0.15, 0.2) is 0 Å². The molecule has 3 unspecified atom stereocenters. The van der Waals surface area contributed by atoms with Crippen LogP contribution in [0.4, 0.5) is 0 Å². The van der Waals surface area contributed by atoms with Gasteiger partial charge in [0, 0.05) is 19.1 Å². The standard InChI is InChI=1S/C13H24N2O2/c1-14(2)7-8-15-11-6-4-3-5-10(11)9-12(15)13(16)17/h10-12H,3-9H2,1-2H3,(H,16,17). The van der Waals surface area contributed by atoms with Crippen molar-refractivity contribution in [1.82, 2.24) is 9.80 Å². The second-order valence-electron chi connectivity index (χ2n) is 5.74. The fourth-order valence-electron chi connectivity index (χ4n) is 3.43. The summed E-state index contributed by atoms with van der Waals surface area (Å²) in [5.41, 5.74) is 0. The van der Waals surface area contributed by atoms with E-state index in [0.29, 0.717) is 12.0 Å². The highest BCUT2D eigenvalue weighted by atomic mass is 16.4. The molecule has 1 aliphatic carbocycles. The molecule has 0 aromatic rings. The summed E-state index contributed by atoms with van der Waals surface area (Å²) >= 11 is 0.